The first-order valence-electron chi connectivity index (χ1n) is 6.47. The fourth-order valence-corrected chi connectivity index (χ4v) is 2.94. The predicted molar refractivity (Wildman–Crippen MR) is 84.2 cm³/mol. The monoisotopic (exact) mass is 354 g/mol. The highest BCUT2D eigenvalue weighted by Gasteiger charge is 2.16. The molecule has 3 nitrogen and oxygen atoms in total. The largest absolute Gasteiger partial charge is 0.299 e. The average Bonchev–Trinajstić information content (AvgIpc) is 2.66. The van der Waals surface area contributed by atoms with Crippen LogP contribution in [0.25, 0.3) is 0 Å². The fourth-order valence-electron chi connectivity index (χ4n) is 2.14. The molecule has 0 N–H and O–H groups in total. The van der Waals surface area contributed by atoms with Gasteiger partial charge in [-0.15, -0.1) is 0 Å². The maximum Gasteiger partial charge on any atom is 0.143 e. The highest BCUT2D eigenvalue weighted by Crippen LogP contribution is 2.22. The Balaban J connectivity index is 2.10. The Morgan fingerprint density at radius 2 is 2.15 bits per heavy atom. The molecule has 5 heteroatoms. The van der Waals surface area contributed by atoms with Crippen LogP contribution in [0.4, 0.5) is 0 Å². The summed E-state index contributed by atoms with van der Waals surface area (Å²) in [6.07, 6.45) is 1.49. The number of rotatable bonds is 5. The summed E-state index contributed by atoms with van der Waals surface area (Å²) in [7, 11) is 1.83. The minimum atomic E-state index is 0.135. The Kier molecular flexibility index (Phi) is 5.00. The normalized spacial score (nSPS) is 10.8. The summed E-state index contributed by atoms with van der Waals surface area (Å²) in [4.78, 5) is 12.2. The van der Waals surface area contributed by atoms with E-state index in [9.17, 15) is 4.79 Å². The number of Topliss-reactive ketones (excluding diaryl/α,β-unsaturated/α-hetero) is 1. The zero-order valence-electron chi connectivity index (χ0n) is 11.5. The van der Waals surface area contributed by atoms with Gasteiger partial charge in [0.1, 0.15) is 5.78 Å². The smallest absolute Gasteiger partial charge is 0.143 e. The van der Waals surface area contributed by atoms with Gasteiger partial charge in [-0.1, -0.05) is 46.6 Å². The Morgan fingerprint density at radius 1 is 1.40 bits per heavy atom. The molecule has 2 rings (SSSR count). The predicted octanol–water partition coefficient (Wildman–Crippen LogP) is 3.75. The van der Waals surface area contributed by atoms with Gasteiger partial charge >= 0.3 is 0 Å². The maximum atomic E-state index is 12.2. The number of hydrogen-bond donors (Lipinski definition) is 0. The molecule has 0 saturated carbocycles. The van der Waals surface area contributed by atoms with Gasteiger partial charge in [0, 0.05) is 17.9 Å². The summed E-state index contributed by atoms with van der Waals surface area (Å²) < 4.78 is 2.69. The van der Waals surface area contributed by atoms with Crippen LogP contribution in [0.3, 0.4) is 0 Å². The van der Waals surface area contributed by atoms with E-state index < -0.39 is 0 Å². The lowest BCUT2D eigenvalue weighted by Crippen LogP contribution is -2.10. The average molecular weight is 356 g/mol. The molecule has 1 aromatic carbocycles. The van der Waals surface area contributed by atoms with E-state index in [1.54, 1.807) is 4.68 Å². The van der Waals surface area contributed by atoms with Crippen molar-refractivity contribution in [2.24, 2.45) is 7.05 Å². The van der Waals surface area contributed by atoms with Crippen molar-refractivity contribution in [1.29, 1.82) is 0 Å². The van der Waals surface area contributed by atoms with Crippen molar-refractivity contribution in [2.45, 2.75) is 26.2 Å². The quantitative estimate of drug-likeness (QED) is 0.818. The van der Waals surface area contributed by atoms with Crippen molar-refractivity contribution in [3.05, 3.63) is 50.7 Å². The van der Waals surface area contributed by atoms with Crippen LogP contribution in [0.15, 0.2) is 28.7 Å². The van der Waals surface area contributed by atoms with Crippen LogP contribution in [-0.4, -0.2) is 15.6 Å². The zero-order chi connectivity index (χ0) is 14.7. The summed E-state index contributed by atoms with van der Waals surface area (Å²) in [5.41, 5.74) is 2.64. The number of carbonyl (C=O) groups excluding carboxylic acids is 1. The van der Waals surface area contributed by atoms with Crippen molar-refractivity contribution in [2.75, 3.05) is 0 Å². The Morgan fingerprint density at radius 3 is 2.75 bits per heavy atom. The molecule has 0 spiro atoms. The standard InChI is InChI=1S/C15H16BrClN2O/c1-3-13-15(17)14(19(2)18-13)9-12(20)8-10-5-4-6-11(16)7-10/h4-7H,3,8-9H2,1-2H3. The van der Waals surface area contributed by atoms with Gasteiger partial charge in [-0.25, -0.2) is 0 Å². The number of hydrogen-bond acceptors (Lipinski definition) is 2. The fraction of sp³-hybridized carbons (Fsp3) is 0.333. The molecule has 0 unspecified atom stereocenters. The second kappa shape index (κ2) is 6.55. The van der Waals surface area contributed by atoms with Gasteiger partial charge in [-0.2, -0.15) is 5.10 Å². The van der Waals surface area contributed by atoms with Crippen molar-refractivity contribution < 1.29 is 4.79 Å². The Labute approximate surface area is 132 Å². The molecule has 2 aromatic rings. The summed E-state index contributed by atoms with van der Waals surface area (Å²) in [6.45, 7) is 2.00. The first-order valence-corrected chi connectivity index (χ1v) is 7.64. The highest BCUT2D eigenvalue weighted by atomic mass is 79.9. The second-order valence-corrected chi connectivity index (χ2v) is 6.00. The minimum absolute atomic E-state index is 0.135. The van der Waals surface area contributed by atoms with Crippen molar-refractivity contribution >= 4 is 33.3 Å². The molecule has 0 aliphatic carbocycles. The molecule has 0 bridgehead atoms. The topological polar surface area (TPSA) is 34.9 Å². The Hall–Kier alpha value is -1.13. The van der Waals surface area contributed by atoms with Crippen LogP contribution >= 0.6 is 27.5 Å². The lowest BCUT2D eigenvalue weighted by Gasteiger charge is -2.04. The molecule has 0 saturated heterocycles. The first kappa shape index (κ1) is 15.3. The van der Waals surface area contributed by atoms with Crippen LogP contribution in [0.2, 0.25) is 5.02 Å². The molecule has 0 aliphatic rings. The molecular formula is C15H16BrClN2O. The summed E-state index contributed by atoms with van der Waals surface area (Å²) in [5.74, 6) is 0.135. The summed E-state index contributed by atoms with van der Waals surface area (Å²) in [6, 6.07) is 7.78. The molecule has 1 heterocycles. The van der Waals surface area contributed by atoms with E-state index in [-0.39, 0.29) is 5.78 Å². The number of nitrogens with zero attached hydrogens (tertiary/aromatic N) is 2. The molecular weight excluding hydrogens is 340 g/mol. The van der Waals surface area contributed by atoms with Crippen molar-refractivity contribution in [3.63, 3.8) is 0 Å². The van der Waals surface area contributed by atoms with E-state index in [0.29, 0.717) is 17.9 Å². The van der Waals surface area contributed by atoms with Gasteiger partial charge in [0.2, 0.25) is 0 Å². The number of carbonyl (C=O) groups is 1. The van der Waals surface area contributed by atoms with Crippen molar-refractivity contribution in [1.82, 2.24) is 9.78 Å². The van der Waals surface area contributed by atoms with Gasteiger partial charge in [0.05, 0.1) is 22.8 Å². The van der Waals surface area contributed by atoms with E-state index in [1.165, 1.54) is 0 Å². The van der Waals surface area contributed by atoms with E-state index in [2.05, 4.69) is 21.0 Å². The van der Waals surface area contributed by atoms with Crippen LogP contribution < -0.4 is 0 Å². The van der Waals surface area contributed by atoms with Gasteiger partial charge in [0.25, 0.3) is 0 Å². The van der Waals surface area contributed by atoms with Crippen LogP contribution in [0.5, 0.6) is 0 Å². The van der Waals surface area contributed by atoms with Crippen LogP contribution in [0.1, 0.15) is 23.9 Å². The zero-order valence-corrected chi connectivity index (χ0v) is 13.8. The third-order valence-corrected chi connectivity index (χ3v) is 4.09. The Bertz CT molecular complexity index is 637. The summed E-state index contributed by atoms with van der Waals surface area (Å²) in [5, 5.41) is 4.95. The SMILES string of the molecule is CCc1nn(C)c(CC(=O)Cc2cccc(Br)c2)c1Cl. The second-order valence-electron chi connectivity index (χ2n) is 4.71. The van der Waals surface area contributed by atoms with Crippen molar-refractivity contribution in [3.8, 4) is 0 Å². The van der Waals surface area contributed by atoms with Gasteiger partial charge in [-0.05, 0) is 24.1 Å². The van der Waals surface area contributed by atoms with Gasteiger partial charge in [0.15, 0.2) is 0 Å². The van der Waals surface area contributed by atoms with E-state index in [1.807, 2.05) is 38.2 Å². The molecule has 0 aliphatic heterocycles. The van der Waals surface area contributed by atoms with E-state index in [4.69, 9.17) is 11.6 Å². The van der Waals surface area contributed by atoms with Crippen LogP contribution in [-0.2, 0) is 31.1 Å². The molecule has 20 heavy (non-hydrogen) atoms. The lowest BCUT2D eigenvalue weighted by molar-refractivity contribution is -0.117. The third kappa shape index (κ3) is 3.49. The molecule has 0 fully saturated rings. The number of benzene rings is 1. The summed E-state index contributed by atoms with van der Waals surface area (Å²) >= 11 is 9.67. The van der Waals surface area contributed by atoms with Gasteiger partial charge < -0.3 is 0 Å². The number of ketones is 1. The number of halogens is 2. The highest BCUT2D eigenvalue weighted by molar-refractivity contribution is 9.10. The lowest BCUT2D eigenvalue weighted by atomic mass is 10.1. The first-order chi connectivity index (χ1) is 9.51. The number of aromatic nitrogens is 2. The molecule has 0 atom stereocenters. The maximum absolute atomic E-state index is 12.2. The minimum Gasteiger partial charge on any atom is -0.299 e. The van der Waals surface area contributed by atoms with E-state index in [0.717, 1.165) is 27.8 Å². The molecule has 0 radical (unpaired) electrons. The third-order valence-electron chi connectivity index (χ3n) is 3.16. The van der Waals surface area contributed by atoms with Crippen LogP contribution in [0, 0.1) is 0 Å². The van der Waals surface area contributed by atoms with Gasteiger partial charge in [-0.3, -0.25) is 9.48 Å². The molecule has 106 valence electrons. The molecule has 0 amide bonds. The molecule has 1 aromatic heterocycles. The van der Waals surface area contributed by atoms with E-state index >= 15 is 0 Å². The number of aryl methyl sites for hydroxylation is 2.